The lowest BCUT2D eigenvalue weighted by molar-refractivity contribution is -0.137. The molecule has 3 rings (SSSR count). The van der Waals surface area contributed by atoms with Crippen LogP contribution in [-0.2, 0) is 11.0 Å². The van der Waals surface area contributed by atoms with Gasteiger partial charge in [-0.25, -0.2) is 4.98 Å². The van der Waals surface area contributed by atoms with Gasteiger partial charge >= 0.3 is 6.18 Å². The number of rotatable bonds is 3. The maximum atomic E-state index is 12.7. The van der Waals surface area contributed by atoms with Gasteiger partial charge in [0.25, 0.3) is 0 Å². The number of aromatic nitrogens is 1. The second kappa shape index (κ2) is 8.53. The van der Waals surface area contributed by atoms with Crippen LogP contribution in [0.15, 0.2) is 47.1 Å². The summed E-state index contributed by atoms with van der Waals surface area (Å²) >= 11 is 9.38. The topological polar surface area (TPSA) is 36.4 Å². The predicted octanol–water partition coefficient (Wildman–Crippen LogP) is 4.88. The molecule has 0 bridgehead atoms. The first kappa shape index (κ1) is 20.7. The number of halogens is 5. The highest BCUT2D eigenvalue weighted by molar-refractivity contribution is 9.10. The summed E-state index contributed by atoms with van der Waals surface area (Å²) in [5.41, 5.74) is 0.0230. The first-order valence-electron chi connectivity index (χ1n) is 8.44. The summed E-state index contributed by atoms with van der Waals surface area (Å²) in [5.74, 6) is 0.178. The van der Waals surface area contributed by atoms with Crippen molar-refractivity contribution in [1.82, 2.24) is 9.88 Å². The molecule has 2 aromatic rings. The van der Waals surface area contributed by atoms with Gasteiger partial charge in [-0.2, -0.15) is 13.2 Å². The normalized spacial score (nSPS) is 15.3. The van der Waals surface area contributed by atoms with Crippen molar-refractivity contribution in [2.75, 3.05) is 31.1 Å². The van der Waals surface area contributed by atoms with Crippen molar-refractivity contribution in [3.63, 3.8) is 0 Å². The summed E-state index contributed by atoms with van der Waals surface area (Å²) in [6, 6.07) is 8.46. The molecular weight excluding hydrogens is 459 g/mol. The van der Waals surface area contributed by atoms with Crippen molar-refractivity contribution in [3.05, 3.63) is 63.2 Å². The lowest BCUT2D eigenvalue weighted by Gasteiger charge is -2.35. The fourth-order valence-corrected chi connectivity index (χ4v) is 3.54. The molecule has 4 nitrogen and oxygen atoms in total. The van der Waals surface area contributed by atoms with Gasteiger partial charge in [-0.1, -0.05) is 39.7 Å². The summed E-state index contributed by atoms with van der Waals surface area (Å²) in [4.78, 5) is 19.7. The molecular formula is C19H16BrClF3N3O. The Kier molecular flexibility index (Phi) is 6.30. The van der Waals surface area contributed by atoms with E-state index in [4.69, 9.17) is 11.6 Å². The van der Waals surface area contributed by atoms with Crippen LogP contribution in [0.25, 0.3) is 6.08 Å². The van der Waals surface area contributed by atoms with Crippen molar-refractivity contribution in [2.45, 2.75) is 6.18 Å². The summed E-state index contributed by atoms with van der Waals surface area (Å²) in [6.45, 7) is 1.74. The SMILES string of the molecule is O=C(/C=C/c1cccc(Br)c1)N1CCN(c2ncc(C(F)(F)F)cc2Cl)CC1. The van der Waals surface area contributed by atoms with E-state index in [1.807, 2.05) is 24.3 Å². The standard InChI is InChI=1S/C19H16BrClF3N3O/c20-15-3-1-2-13(10-15)4-5-17(28)26-6-8-27(9-7-26)18-16(21)11-14(12-25-18)19(22,23)24/h1-5,10-12H,6-9H2/b5-4+. The van der Waals surface area contributed by atoms with E-state index in [2.05, 4.69) is 20.9 Å². The van der Waals surface area contributed by atoms with Crippen LogP contribution in [0, 0.1) is 0 Å². The highest BCUT2D eigenvalue weighted by Gasteiger charge is 2.32. The zero-order chi connectivity index (χ0) is 20.3. The summed E-state index contributed by atoms with van der Waals surface area (Å²) in [6.07, 6.45) is -0.449. The maximum Gasteiger partial charge on any atom is 0.417 e. The molecule has 1 aliphatic rings. The van der Waals surface area contributed by atoms with Crippen LogP contribution in [0.4, 0.5) is 19.0 Å². The van der Waals surface area contributed by atoms with E-state index in [0.29, 0.717) is 32.0 Å². The third-order valence-electron chi connectivity index (χ3n) is 4.31. The minimum absolute atomic E-state index is 0.0517. The number of hydrogen-bond donors (Lipinski definition) is 0. The van der Waals surface area contributed by atoms with E-state index in [9.17, 15) is 18.0 Å². The third-order valence-corrected chi connectivity index (χ3v) is 5.08. The molecule has 0 aliphatic carbocycles. The van der Waals surface area contributed by atoms with E-state index in [0.717, 1.165) is 22.3 Å². The minimum atomic E-state index is -4.49. The quantitative estimate of drug-likeness (QED) is 0.595. The van der Waals surface area contributed by atoms with Gasteiger partial charge in [0.15, 0.2) is 0 Å². The second-order valence-electron chi connectivity index (χ2n) is 6.23. The Bertz CT molecular complexity index is 896. The summed E-state index contributed by atoms with van der Waals surface area (Å²) in [5, 5.41) is -0.0517. The highest BCUT2D eigenvalue weighted by atomic mass is 79.9. The average Bonchev–Trinajstić information content (AvgIpc) is 2.65. The molecule has 9 heteroatoms. The van der Waals surface area contributed by atoms with Crippen molar-refractivity contribution >= 4 is 45.3 Å². The van der Waals surface area contributed by atoms with Gasteiger partial charge in [-0.15, -0.1) is 0 Å². The van der Waals surface area contributed by atoms with Gasteiger partial charge in [0.05, 0.1) is 10.6 Å². The van der Waals surface area contributed by atoms with E-state index < -0.39 is 11.7 Å². The molecule has 1 aromatic carbocycles. The van der Waals surface area contributed by atoms with E-state index in [1.165, 1.54) is 6.08 Å². The fourth-order valence-electron chi connectivity index (χ4n) is 2.84. The van der Waals surface area contributed by atoms with Crippen LogP contribution in [0.3, 0.4) is 0 Å². The van der Waals surface area contributed by atoms with E-state index in [1.54, 1.807) is 15.9 Å². The fraction of sp³-hybridized carbons (Fsp3) is 0.263. The number of carbonyl (C=O) groups excluding carboxylic acids is 1. The van der Waals surface area contributed by atoms with Crippen molar-refractivity contribution < 1.29 is 18.0 Å². The number of alkyl halides is 3. The zero-order valence-corrected chi connectivity index (χ0v) is 16.9. The van der Waals surface area contributed by atoms with Gasteiger partial charge in [-0.05, 0) is 29.8 Å². The minimum Gasteiger partial charge on any atom is -0.352 e. The van der Waals surface area contributed by atoms with Crippen molar-refractivity contribution in [3.8, 4) is 0 Å². The van der Waals surface area contributed by atoms with Crippen LogP contribution in [0.2, 0.25) is 5.02 Å². The van der Waals surface area contributed by atoms with Crippen molar-refractivity contribution in [1.29, 1.82) is 0 Å². The predicted molar refractivity (Wildman–Crippen MR) is 106 cm³/mol. The van der Waals surface area contributed by atoms with Crippen LogP contribution < -0.4 is 4.90 Å². The van der Waals surface area contributed by atoms with Gasteiger partial charge in [0, 0.05) is 42.9 Å². The van der Waals surface area contributed by atoms with Crippen LogP contribution >= 0.6 is 27.5 Å². The molecule has 0 atom stereocenters. The molecule has 1 aliphatic heterocycles. The Morgan fingerprint density at radius 3 is 2.50 bits per heavy atom. The maximum absolute atomic E-state index is 12.7. The van der Waals surface area contributed by atoms with Crippen LogP contribution in [0.1, 0.15) is 11.1 Å². The number of pyridine rings is 1. The molecule has 0 radical (unpaired) electrons. The first-order valence-corrected chi connectivity index (χ1v) is 9.61. The molecule has 1 amide bonds. The molecule has 28 heavy (non-hydrogen) atoms. The van der Waals surface area contributed by atoms with E-state index >= 15 is 0 Å². The third kappa shape index (κ3) is 5.05. The Hall–Kier alpha value is -2.06. The number of hydrogen-bond acceptors (Lipinski definition) is 3. The smallest absolute Gasteiger partial charge is 0.352 e. The lowest BCUT2D eigenvalue weighted by Crippen LogP contribution is -2.48. The number of piperazine rings is 1. The number of amides is 1. The summed E-state index contributed by atoms with van der Waals surface area (Å²) in [7, 11) is 0. The number of carbonyl (C=O) groups is 1. The monoisotopic (exact) mass is 473 g/mol. The van der Waals surface area contributed by atoms with Gasteiger partial charge < -0.3 is 9.80 Å². The molecule has 0 saturated carbocycles. The average molecular weight is 475 g/mol. The number of anilines is 1. The first-order chi connectivity index (χ1) is 13.2. The molecule has 1 saturated heterocycles. The largest absolute Gasteiger partial charge is 0.417 e. The Labute approximate surface area is 173 Å². The van der Waals surface area contributed by atoms with Crippen molar-refractivity contribution in [2.24, 2.45) is 0 Å². The molecule has 2 heterocycles. The molecule has 1 fully saturated rings. The molecule has 0 unspecified atom stereocenters. The second-order valence-corrected chi connectivity index (χ2v) is 7.55. The zero-order valence-electron chi connectivity index (χ0n) is 14.6. The Morgan fingerprint density at radius 2 is 1.89 bits per heavy atom. The van der Waals surface area contributed by atoms with Crippen LogP contribution in [-0.4, -0.2) is 42.0 Å². The van der Waals surface area contributed by atoms with Gasteiger partial charge in [-0.3, -0.25) is 4.79 Å². The lowest BCUT2D eigenvalue weighted by atomic mass is 10.2. The van der Waals surface area contributed by atoms with E-state index in [-0.39, 0.29) is 10.9 Å². The number of nitrogens with zero attached hydrogens (tertiary/aromatic N) is 3. The highest BCUT2D eigenvalue weighted by Crippen LogP contribution is 2.33. The number of benzene rings is 1. The summed E-state index contributed by atoms with van der Waals surface area (Å²) < 4.78 is 39.1. The Morgan fingerprint density at radius 1 is 1.18 bits per heavy atom. The molecule has 0 spiro atoms. The van der Waals surface area contributed by atoms with Crippen LogP contribution in [0.5, 0.6) is 0 Å². The van der Waals surface area contributed by atoms with Gasteiger partial charge in [0.2, 0.25) is 5.91 Å². The molecule has 0 N–H and O–H groups in total. The molecule has 148 valence electrons. The van der Waals surface area contributed by atoms with Gasteiger partial charge in [0.1, 0.15) is 5.82 Å². The molecule has 1 aromatic heterocycles. The Balaban J connectivity index is 1.60.